The van der Waals surface area contributed by atoms with Gasteiger partial charge in [-0.05, 0) is 12.7 Å². The van der Waals surface area contributed by atoms with Gasteiger partial charge in [-0.25, -0.2) is 0 Å². The third-order valence-corrected chi connectivity index (χ3v) is 2.00. The number of nitrogens with one attached hydrogen (secondary N) is 1. The Morgan fingerprint density at radius 2 is 2.27 bits per heavy atom. The van der Waals surface area contributed by atoms with Crippen LogP contribution in [0.3, 0.4) is 0 Å². The summed E-state index contributed by atoms with van der Waals surface area (Å²) in [5.74, 6) is 1.21. The Bertz CT molecular complexity index is 106. The summed E-state index contributed by atoms with van der Waals surface area (Å²) in [7, 11) is 0. The molecule has 0 aliphatic carbocycles. The van der Waals surface area contributed by atoms with Gasteiger partial charge < -0.3 is 5.32 Å². The van der Waals surface area contributed by atoms with Gasteiger partial charge in [-0.3, -0.25) is 4.79 Å². The Kier molecular flexibility index (Phi) is 7.79. The zero-order chi connectivity index (χ0) is 8.53. The standard InChI is InChI=1S/C8H17NOS/c1-3-4-5-8(10)9-6-7-11-2/h3-7H2,1-2H3,(H,9,10). The Labute approximate surface area is 73.1 Å². The van der Waals surface area contributed by atoms with Gasteiger partial charge >= 0.3 is 0 Å². The highest BCUT2D eigenvalue weighted by Crippen LogP contribution is 1.93. The Morgan fingerprint density at radius 1 is 1.55 bits per heavy atom. The molecule has 0 aromatic rings. The summed E-state index contributed by atoms with van der Waals surface area (Å²) < 4.78 is 0. The van der Waals surface area contributed by atoms with Crippen LogP contribution in [0.4, 0.5) is 0 Å². The fourth-order valence-electron chi connectivity index (χ4n) is 0.718. The topological polar surface area (TPSA) is 29.1 Å². The molecule has 0 aromatic heterocycles. The fraction of sp³-hybridized carbons (Fsp3) is 0.875. The number of rotatable bonds is 6. The highest BCUT2D eigenvalue weighted by atomic mass is 32.2. The van der Waals surface area contributed by atoms with Crippen molar-refractivity contribution >= 4 is 17.7 Å². The van der Waals surface area contributed by atoms with E-state index in [0.717, 1.165) is 25.1 Å². The first-order valence-corrected chi connectivity index (χ1v) is 5.46. The molecule has 0 rings (SSSR count). The molecule has 1 amide bonds. The zero-order valence-corrected chi connectivity index (χ0v) is 8.17. The van der Waals surface area contributed by atoms with Crippen LogP contribution in [-0.4, -0.2) is 24.5 Å². The van der Waals surface area contributed by atoms with Crippen LogP contribution in [0.15, 0.2) is 0 Å². The van der Waals surface area contributed by atoms with Crippen LogP contribution >= 0.6 is 11.8 Å². The molecule has 0 bridgehead atoms. The lowest BCUT2D eigenvalue weighted by atomic mass is 10.2. The van der Waals surface area contributed by atoms with Gasteiger partial charge in [0.05, 0.1) is 0 Å². The van der Waals surface area contributed by atoms with Gasteiger partial charge in [0.1, 0.15) is 0 Å². The average Bonchev–Trinajstić information content (AvgIpc) is 2.01. The first-order valence-electron chi connectivity index (χ1n) is 4.07. The largest absolute Gasteiger partial charge is 0.355 e. The van der Waals surface area contributed by atoms with Gasteiger partial charge in [0.15, 0.2) is 0 Å². The van der Waals surface area contributed by atoms with Crippen LogP contribution in [0.25, 0.3) is 0 Å². The monoisotopic (exact) mass is 175 g/mol. The third kappa shape index (κ3) is 7.72. The number of carbonyl (C=O) groups is 1. The van der Waals surface area contributed by atoms with Crippen molar-refractivity contribution in [3.63, 3.8) is 0 Å². The smallest absolute Gasteiger partial charge is 0.220 e. The van der Waals surface area contributed by atoms with Crippen LogP contribution < -0.4 is 5.32 Å². The summed E-state index contributed by atoms with van der Waals surface area (Å²) in [4.78, 5) is 11.0. The molecule has 11 heavy (non-hydrogen) atoms. The van der Waals surface area contributed by atoms with Crippen LogP contribution in [0.1, 0.15) is 26.2 Å². The quantitative estimate of drug-likeness (QED) is 0.622. The van der Waals surface area contributed by atoms with Crippen molar-refractivity contribution in [3.05, 3.63) is 0 Å². The molecule has 0 fully saturated rings. The summed E-state index contributed by atoms with van der Waals surface area (Å²) in [6, 6.07) is 0. The first kappa shape index (κ1) is 10.8. The van der Waals surface area contributed by atoms with Crippen LogP contribution in [0.5, 0.6) is 0 Å². The second-order valence-corrected chi connectivity index (χ2v) is 3.43. The van der Waals surface area contributed by atoms with E-state index >= 15 is 0 Å². The van der Waals surface area contributed by atoms with E-state index in [4.69, 9.17) is 0 Å². The Morgan fingerprint density at radius 3 is 2.82 bits per heavy atom. The molecule has 0 saturated heterocycles. The molecule has 0 aliphatic rings. The number of hydrogen-bond donors (Lipinski definition) is 1. The molecule has 66 valence electrons. The molecule has 2 nitrogen and oxygen atoms in total. The maximum absolute atomic E-state index is 11.0. The van der Waals surface area contributed by atoms with Gasteiger partial charge in [-0.2, -0.15) is 11.8 Å². The van der Waals surface area contributed by atoms with Crippen molar-refractivity contribution in [1.29, 1.82) is 0 Å². The molecule has 0 aliphatic heterocycles. The van der Waals surface area contributed by atoms with E-state index in [0.29, 0.717) is 6.42 Å². The third-order valence-electron chi connectivity index (χ3n) is 1.39. The van der Waals surface area contributed by atoms with Crippen molar-refractivity contribution in [2.45, 2.75) is 26.2 Å². The van der Waals surface area contributed by atoms with E-state index in [1.54, 1.807) is 11.8 Å². The Balaban J connectivity index is 3.09. The van der Waals surface area contributed by atoms with E-state index in [-0.39, 0.29) is 5.91 Å². The normalized spacial score (nSPS) is 9.64. The summed E-state index contributed by atoms with van der Waals surface area (Å²) in [5.41, 5.74) is 0. The molecular weight excluding hydrogens is 158 g/mol. The molecule has 0 unspecified atom stereocenters. The maximum atomic E-state index is 11.0. The lowest BCUT2D eigenvalue weighted by Gasteiger charge is -2.01. The van der Waals surface area contributed by atoms with E-state index in [1.165, 1.54) is 0 Å². The van der Waals surface area contributed by atoms with Gasteiger partial charge in [-0.15, -0.1) is 0 Å². The van der Waals surface area contributed by atoms with Crippen molar-refractivity contribution in [3.8, 4) is 0 Å². The molecular formula is C8H17NOS. The SMILES string of the molecule is CCCCC(=O)NCCSC. The zero-order valence-electron chi connectivity index (χ0n) is 7.35. The highest BCUT2D eigenvalue weighted by molar-refractivity contribution is 7.98. The number of unbranched alkanes of at least 4 members (excludes halogenated alkanes) is 1. The fourth-order valence-corrected chi connectivity index (χ4v) is 1.02. The van der Waals surface area contributed by atoms with E-state index < -0.39 is 0 Å². The van der Waals surface area contributed by atoms with E-state index in [1.807, 2.05) is 6.26 Å². The minimum Gasteiger partial charge on any atom is -0.355 e. The predicted octanol–water partition coefficient (Wildman–Crippen LogP) is 1.66. The predicted molar refractivity (Wildman–Crippen MR) is 50.9 cm³/mol. The summed E-state index contributed by atoms with van der Waals surface area (Å²) in [5, 5.41) is 2.86. The number of hydrogen-bond acceptors (Lipinski definition) is 2. The molecule has 0 radical (unpaired) electrons. The van der Waals surface area contributed by atoms with Crippen molar-refractivity contribution in [2.75, 3.05) is 18.6 Å². The second kappa shape index (κ2) is 7.92. The Hall–Kier alpha value is -0.180. The minimum absolute atomic E-state index is 0.195. The van der Waals surface area contributed by atoms with Crippen molar-refractivity contribution in [2.24, 2.45) is 0 Å². The lowest BCUT2D eigenvalue weighted by Crippen LogP contribution is -2.25. The molecule has 0 aromatic carbocycles. The van der Waals surface area contributed by atoms with Gasteiger partial charge in [0.25, 0.3) is 0 Å². The summed E-state index contributed by atoms with van der Waals surface area (Å²) in [6.07, 6.45) is 4.82. The lowest BCUT2D eigenvalue weighted by molar-refractivity contribution is -0.121. The van der Waals surface area contributed by atoms with E-state index in [2.05, 4.69) is 12.2 Å². The van der Waals surface area contributed by atoms with Crippen molar-refractivity contribution < 1.29 is 4.79 Å². The molecule has 0 atom stereocenters. The number of thioether (sulfide) groups is 1. The maximum Gasteiger partial charge on any atom is 0.220 e. The summed E-state index contributed by atoms with van der Waals surface area (Å²) in [6.45, 7) is 2.90. The average molecular weight is 175 g/mol. The number of amides is 1. The van der Waals surface area contributed by atoms with Crippen LogP contribution in [0, 0.1) is 0 Å². The first-order chi connectivity index (χ1) is 5.31. The van der Waals surface area contributed by atoms with Gasteiger partial charge in [0.2, 0.25) is 5.91 Å². The minimum atomic E-state index is 0.195. The highest BCUT2D eigenvalue weighted by Gasteiger charge is 1.97. The second-order valence-electron chi connectivity index (χ2n) is 2.45. The van der Waals surface area contributed by atoms with E-state index in [9.17, 15) is 4.79 Å². The van der Waals surface area contributed by atoms with Crippen LogP contribution in [-0.2, 0) is 4.79 Å². The molecule has 1 N–H and O–H groups in total. The van der Waals surface area contributed by atoms with Gasteiger partial charge in [-0.1, -0.05) is 13.3 Å². The summed E-state index contributed by atoms with van der Waals surface area (Å²) >= 11 is 1.75. The van der Waals surface area contributed by atoms with Gasteiger partial charge in [0, 0.05) is 18.7 Å². The molecule has 0 heterocycles. The molecule has 0 spiro atoms. The molecule has 3 heteroatoms. The van der Waals surface area contributed by atoms with Crippen molar-refractivity contribution in [1.82, 2.24) is 5.32 Å². The van der Waals surface area contributed by atoms with Crippen LogP contribution in [0.2, 0.25) is 0 Å². The molecule has 0 saturated carbocycles. The number of carbonyl (C=O) groups excluding carboxylic acids is 1.